The van der Waals surface area contributed by atoms with Gasteiger partial charge in [-0.15, -0.1) is 0 Å². The molecule has 146 valence electrons. The summed E-state index contributed by atoms with van der Waals surface area (Å²) in [5.41, 5.74) is -1.29. The van der Waals surface area contributed by atoms with E-state index in [1.165, 1.54) is 25.7 Å². The molecule has 0 aliphatic rings. The SMILES string of the molecule is CCCCCCC(C)(C)C(=O)[O-].CCCCCCC(C)(C)C(=O)[O-].[Sn+2]. The number of carbonyl (C=O) groups excluding carboxylic acids is 2. The Hall–Kier alpha value is -0.261. The zero-order valence-corrected chi connectivity index (χ0v) is 20.1. The van der Waals surface area contributed by atoms with Gasteiger partial charge in [0.2, 0.25) is 0 Å². The van der Waals surface area contributed by atoms with Crippen LogP contribution in [0.4, 0.5) is 0 Å². The minimum Gasteiger partial charge on any atom is -0.550 e. The van der Waals surface area contributed by atoms with Crippen LogP contribution in [0, 0.1) is 10.8 Å². The smallest absolute Gasteiger partial charge is 0.550 e. The van der Waals surface area contributed by atoms with Crippen LogP contribution in [0.1, 0.15) is 106 Å². The second-order valence-corrected chi connectivity index (χ2v) is 7.96. The van der Waals surface area contributed by atoms with Gasteiger partial charge in [0.05, 0.1) is 0 Å². The van der Waals surface area contributed by atoms with E-state index in [9.17, 15) is 19.8 Å². The average molecular weight is 461 g/mol. The zero-order valence-electron chi connectivity index (χ0n) is 17.2. The van der Waals surface area contributed by atoms with Crippen molar-refractivity contribution in [1.29, 1.82) is 0 Å². The molecule has 0 aromatic heterocycles. The molecule has 0 amide bonds. The first kappa shape index (κ1) is 29.5. The zero-order chi connectivity index (χ0) is 19.2. The summed E-state index contributed by atoms with van der Waals surface area (Å²) in [6, 6.07) is 0. The Kier molecular flexibility index (Phi) is 18.8. The van der Waals surface area contributed by atoms with E-state index in [1.807, 2.05) is 0 Å². The number of unbranched alkanes of at least 4 members (excludes halogenated alkanes) is 6. The maximum atomic E-state index is 10.6. The van der Waals surface area contributed by atoms with Crippen molar-refractivity contribution in [1.82, 2.24) is 0 Å². The minimum atomic E-state index is -0.931. The second-order valence-electron chi connectivity index (χ2n) is 7.96. The minimum absolute atomic E-state index is 0. The maximum absolute atomic E-state index is 10.6. The summed E-state index contributed by atoms with van der Waals surface area (Å²) >= 11 is 0. The third-order valence-corrected chi connectivity index (χ3v) is 4.42. The van der Waals surface area contributed by atoms with Gasteiger partial charge >= 0.3 is 23.9 Å². The molecule has 0 N–H and O–H groups in total. The van der Waals surface area contributed by atoms with Gasteiger partial charge in [-0.3, -0.25) is 0 Å². The quantitative estimate of drug-likeness (QED) is 0.331. The van der Waals surface area contributed by atoms with Gasteiger partial charge in [-0.1, -0.05) is 92.9 Å². The fourth-order valence-electron chi connectivity index (χ4n) is 2.19. The molecule has 0 fully saturated rings. The fourth-order valence-corrected chi connectivity index (χ4v) is 2.19. The van der Waals surface area contributed by atoms with Crippen LogP contribution in [0.15, 0.2) is 0 Å². The van der Waals surface area contributed by atoms with Crippen molar-refractivity contribution in [3.05, 3.63) is 0 Å². The summed E-state index contributed by atoms with van der Waals surface area (Å²) in [6.07, 6.45) is 10.5. The molecule has 0 aliphatic carbocycles. The van der Waals surface area contributed by atoms with Gasteiger partial charge < -0.3 is 19.8 Å². The van der Waals surface area contributed by atoms with E-state index >= 15 is 0 Å². The molecule has 0 aliphatic heterocycles. The van der Waals surface area contributed by atoms with Crippen molar-refractivity contribution < 1.29 is 19.8 Å². The molecule has 0 aromatic rings. The van der Waals surface area contributed by atoms with Crippen LogP contribution in [-0.2, 0) is 9.59 Å². The van der Waals surface area contributed by atoms with Crippen molar-refractivity contribution in [3.63, 3.8) is 0 Å². The van der Waals surface area contributed by atoms with Crippen molar-refractivity contribution in [2.75, 3.05) is 0 Å². The molecule has 0 atom stereocenters. The van der Waals surface area contributed by atoms with Crippen LogP contribution in [0.25, 0.3) is 0 Å². The molecule has 0 rings (SSSR count). The number of hydrogen-bond acceptors (Lipinski definition) is 4. The van der Waals surface area contributed by atoms with Gasteiger partial charge in [0, 0.05) is 22.8 Å². The summed E-state index contributed by atoms with van der Waals surface area (Å²) < 4.78 is 0. The number of carboxylic acids is 2. The Labute approximate surface area is 172 Å². The van der Waals surface area contributed by atoms with Gasteiger partial charge in [-0.2, -0.15) is 0 Å². The van der Waals surface area contributed by atoms with E-state index in [4.69, 9.17) is 0 Å². The van der Waals surface area contributed by atoms with Crippen molar-refractivity contribution >= 4 is 35.8 Å². The van der Waals surface area contributed by atoms with Crippen molar-refractivity contribution in [3.8, 4) is 0 Å². The normalized spacial score (nSPS) is 11.1. The molecule has 0 unspecified atom stereocenters. The van der Waals surface area contributed by atoms with Gasteiger partial charge in [-0.25, -0.2) is 0 Å². The van der Waals surface area contributed by atoms with E-state index < -0.39 is 22.8 Å². The molecule has 5 heteroatoms. The molecule has 0 aromatic carbocycles. The second kappa shape index (κ2) is 16.0. The number of carboxylic acid groups (broad SMARTS) is 2. The van der Waals surface area contributed by atoms with Gasteiger partial charge in [0.15, 0.2) is 0 Å². The van der Waals surface area contributed by atoms with Crippen LogP contribution in [-0.4, -0.2) is 35.8 Å². The number of carbonyl (C=O) groups is 2. The first-order chi connectivity index (χ1) is 11.0. The summed E-state index contributed by atoms with van der Waals surface area (Å²) in [5, 5.41) is 21.1. The van der Waals surface area contributed by atoms with Crippen LogP contribution in [0.2, 0.25) is 0 Å². The Bertz CT molecular complexity index is 318. The standard InChI is InChI=1S/2C10H20O2.Sn/c2*1-4-5-6-7-8-10(2,3)9(11)12;/h2*4-8H2,1-3H3,(H,11,12);/q;;+2/p-2. The third kappa shape index (κ3) is 16.9. The largest absolute Gasteiger partial charge is 2.00 e. The Morgan fingerprint density at radius 2 is 0.920 bits per heavy atom. The van der Waals surface area contributed by atoms with Gasteiger partial charge in [0.1, 0.15) is 0 Å². The van der Waals surface area contributed by atoms with E-state index in [0.717, 1.165) is 38.5 Å². The van der Waals surface area contributed by atoms with E-state index in [-0.39, 0.29) is 23.9 Å². The first-order valence-corrected chi connectivity index (χ1v) is 9.44. The topological polar surface area (TPSA) is 80.3 Å². The summed E-state index contributed by atoms with van der Waals surface area (Å²) in [7, 11) is 0. The Morgan fingerprint density at radius 1 is 0.640 bits per heavy atom. The van der Waals surface area contributed by atoms with Crippen LogP contribution < -0.4 is 10.2 Å². The fraction of sp³-hybridized carbons (Fsp3) is 0.900. The van der Waals surface area contributed by atoms with Crippen molar-refractivity contribution in [2.24, 2.45) is 10.8 Å². The predicted octanol–water partition coefficient (Wildman–Crippen LogP) is 3.09. The van der Waals surface area contributed by atoms with Crippen LogP contribution in [0.3, 0.4) is 0 Å². The molecule has 2 radical (unpaired) electrons. The van der Waals surface area contributed by atoms with E-state index in [2.05, 4.69) is 13.8 Å². The van der Waals surface area contributed by atoms with Gasteiger partial charge in [0.25, 0.3) is 0 Å². The summed E-state index contributed by atoms with van der Waals surface area (Å²) in [4.78, 5) is 21.1. The molecule has 0 spiro atoms. The average Bonchev–Trinajstić information content (AvgIpc) is 2.48. The Balaban J connectivity index is -0.000000372. The molecule has 0 heterocycles. The molecule has 4 nitrogen and oxygen atoms in total. The van der Waals surface area contributed by atoms with Crippen molar-refractivity contribution in [2.45, 2.75) is 106 Å². The van der Waals surface area contributed by atoms with E-state index in [1.54, 1.807) is 27.7 Å². The predicted molar refractivity (Wildman–Crippen MR) is 101 cm³/mol. The van der Waals surface area contributed by atoms with Gasteiger partial charge in [-0.05, 0) is 12.8 Å². The molecular weight excluding hydrogens is 423 g/mol. The summed E-state index contributed by atoms with van der Waals surface area (Å²) in [6.45, 7) is 11.2. The summed E-state index contributed by atoms with van der Waals surface area (Å²) in [5.74, 6) is -1.86. The molecule has 0 saturated heterocycles. The van der Waals surface area contributed by atoms with Crippen LogP contribution >= 0.6 is 0 Å². The Morgan fingerprint density at radius 3 is 1.12 bits per heavy atom. The number of rotatable bonds is 12. The molecule has 0 bridgehead atoms. The molecule has 25 heavy (non-hydrogen) atoms. The third-order valence-electron chi connectivity index (χ3n) is 4.42. The van der Waals surface area contributed by atoms with Crippen LogP contribution in [0.5, 0.6) is 0 Å². The van der Waals surface area contributed by atoms with E-state index in [0.29, 0.717) is 0 Å². The molecule has 0 saturated carbocycles. The monoisotopic (exact) mass is 462 g/mol. The number of hydrogen-bond donors (Lipinski definition) is 0. The first-order valence-electron chi connectivity index (χ1n) is 9.44. The maximum Gasteiger partial charge on any atom is 2.00 e. The number of aliphatic carboxylic acids is 2. The molecular formula is C20H38O4Sn.